The smallest absolute Gasteiger partial charge is 0.341 e. The Bertz CT molecular complexity index is 630. The predicted molar refractivity (Wildman–Crippen MR) is 63.0 cm³/mol. The molecule has 9 heteroatoms. The van der Waals surface area contributed by atoms with Crippen molar-refractivity contribution >= 4 is 11.7 Å². The standard InChI is InChI=1S/C10H11N5O4/c1-3-13-6-8(15(17)18)9(12-13)14-5-7(4-11-14)10(16)19-2/h4-6H,3H2,1-2H3. The number of hydrogen-bond acceptors (Lipinski definition) is 6. The van der Waals surface area contributed by atoms with Gasteiger partial charge in [-0.2, -0.15) is 5.10 Å². The average molecular weight is 265 g/mol. The number of nitro groups is 1. The molecule has 0 radical (unpaired) electrons. The minimum absolute atomic E-state index is 0.0574. The number of nitrogens with zero attached hydrogens (tertiary/aromatic N) is 5. The molecule has 0 aliphatic heterocycles. The Balaban J connectivity index is 2.46. The van der Waals surface area contributed by atoms with Gasteiger partial charge in [-0.1, -0.05) is 0 Å². The van der Waals surface area contributed by atoms with E-state index in [9.17, 15) is 14.9 Å². The summed E-state index contributed by atoms with van der Waals surface area (Å²) in [6.45, 7) is 2.30. The number of aromatic nitrogens is 4. The van der Waals surface area contributed by atoms with Gasteiger partial charge in [-0.15, -0.1) is 5.10 Å². The van der Waals surface area contributed by atoms with Gasteiger partial charge in [0.05, 0.1) is 23.8 Å². The van der Waals surface area contributed by atoms with Crippen LogP contribution in [-0.4, -0.2) is 37.6 Å². The largest absolute Gasteiger partial charge is 0.465 e. The Labute approximate surface area is 107 Å². The number of hydrogen-bond donors (Lipinski definition) is 0. The zero-order valence-electron chi connectivity index (χ0n) is 10.3. The first kappa shape index (κ1) is 12.7. The summed E-state index contributed by atoms with van der Waals surface area (Å²) in [7, 11) is 1.24. The Morgan fingerprint density at radius 3 is 2.84 bits per heavy atom. The van der Waals surface area contributed by atoms with Crippen molar-refractivity contribution in [2.75, 3.05) is 7.11 Å². The van der Waals surface area contributed by atoms with E-state index in [4.69, 9.17) is 0 Å². The minimum atomic E-state index is -0.566. The highest BCUT2D eigenvalue weighted by Crippen LogP contribution is 2.20. The summed E-state index contributed by atoms with van der Waals surface area (Å²) < 4.78 is 7.14. The SMILES string of the molecule is CCn1cc([N+](=O)[O-])c(-n2cc(C(=O)OC)cn2)n1. The molecule has 2 heterocycles. The summed E-state index contributed by atoms with van der Waals surface area (Å²) >= 11 is 0. The second-order valence-electron chi connectivity index (χ2n) is 3.62. The summed E-state index contributed by atoms with van der Waals surface area (Å²) in [5, 5.41) is 18.9. The van der Waals surface area contributed by atoms with E-state index in [2.05, 4.69) is 14.9 Å². The third-order valence-corrected chi connectivity index (χ3v) is 2.46. The monoisotopic (exact) mass is 265 g/mol. The van der Waals surface area contributed by atoms with E-state index >= 15 is 0 Å². The molecule has 2 aromatic heterocycles. The number of methoxy groups -OCH3 is 1. The van der Waals surface area contributed by atoms with E-state index in [0.29, 0.717) is 6.54 Å². The van der Waals surface area contributed by atoms with Gasteiger partial charge in [0.25, 0.3) is 5.82 Å². The first-order chi connectivity index (χ1) is 9.06. The van der Waals surface area contributed by atoms with Gasteiger partial charge < -0.3 is 4.74 Å². The first-order valence-corrected chi connectivity index (χ1v) is 5.42. The Kier molecular flexibility index (Phi) is 3.27. The fraction of sp³-hybridized carbons (Fsp3) is 0.300. The number of carbonyl (C=O) groups excluding carboxylic acids is 1. The lowest BCUT2D eigenvalue weighted by Gasteiger charge is -1.95. The van der Waals surface area contributed by atoms with Crippen LogP contribution in [0.15, 0.2) is 18.6 Å². The van der Waals surface area contributed by atoms with Gasteiger partial charge in [-0.25, -0.2) is 9.48 Å². The molecule has 0 aliphatic rings. The molecule has 0 bridgehead atoms. The second kappa shape index (κ2) is 4.88. The molecule has 0 amide bonds. The van der Waals surface area contributed by atoms with Crippen molar-refractivity contribution in [2.45, 2.75) is 13.5 Å². The lowest BCUT2D eigenvalue weighted by Crippen LogP contribution is -2.02. The molecule has 0 saturated carbocycles. The molecule has 0 atom stereocenters. The van der Waals surface area contributed by atoms with E-state index in [1.54, 1.807) is 0 Å². The van der Waals surface area contributed by atoms with Crippen LogP contribution in [0.25, 0.3) is 5.82 Å². The molecule has 0 unspecified atom stereocenters. The van der Waals surface area contributed by atoms with E-state index in [-0.39, 0.29) is 17.1 Å². The van der Waals surface area contributed by atoms with Crippen LogP contribution in [0.2, 0.25) is 0 Å². The van der Waals surface area contributed by atoms with E-state index in [1.807, 2.05) is 6.92 Å². The van der Waals surface area contributed by atoms with Crippen molar-refractivity contribution in [1.29, 1.82) is 0 Å². The van der Waals surface area contributed by atoms with Crippen LogP contribution in [0.5, 0.6) is 0 Å². The van der Waals surface area contributed by atoms with Gasteiger partial charge in [0.1, 0.15) is 6.20 Å². The maximum atomic E-state index is 11.3. The van der Waals surface area contributed by atoms with Crippen LogP contribution in [-0.2, 0) is 11.3 Å². The first-order valence-electron chi connectivity index (χ1n) is 5.42. The fourth-order valence-electron chi connectivity index (χ4n) is 1.52. The average Bonchev–Trinajstić information content (AvgIpc) is 3.03. The van der Waals surface area contributed by atoms with E-state index < -0.39 is 10.9 Å². The van der Waals surface area contributed by atoms with Crippen molar-refractivity contribution in [3.05, 3.63) is 34.3 Å². The van der Waals surface area contributed by atoms with Gasteiger partial charge in [0.2, 0.25) is 0 Å². The number of carbonyl (C=O) groups is 1. The molecule has 0 fully saturated rings. The summed E-state index contributed by atoms with van der Waals surface area (Å²) in [6, 6.07) is 0. The lowest BCUT2D eigenvalue weighted by molar-refractivity contribution is -0.384. The summed E-state index contributed by atoms with van der Waals surface area (Å²) in [5.41, 5.74) is 0.0178. The molecule has 2 rings (SSSR count). The van der Waals surface area contributed by atoms with Gasteiger partial charge in [-0.3, -0.25) is 14.8 Å². The molecule has 0 aromatic carbocycles. The minimum Gasteiger partial charge on any atom is -0.465 e. The molecule has 19 heavy (non-hydrogen) atoms. The maximum absolute atomic E-state index is 11.3. The molecule has 0 saturated heterocycles. The highest BCUT2D eigenvalue weighted by Gasteiger charge is 2.22. The van der Waals surface area contributed by atoms with Gasteiger partial charge in [-0.05, 0) is 6.92 Å². The van der Waals surface area contributed by atoms with Crippen LogP contribution in [0, 0.1) is 10.1 Å². The molecule has 2 aromatic rings. The molecule has 9 nitrogen and oxygen atoms in total. The fourth-order valence-corrected chi connectivity index (χ4v) is 1.52. The topological polar surface area (TPSA) is 105 Å². The highest BCUT2D eigenvalue weighted by molar-refractivity contribution is 5.88. The lowest BCUT2D eigenvalue weighted by atomic mass is 10.4. The van der Waals surface area contributed by atoms with Gasteiger partial charge in [0.15, 0.2) is 0 Å². The van der Waals surface area contributed by atoms with Crippen LogP contribution in [0.4, 0.5) is 5.69 Å². The zero-order chi connectivity index (χ0) is 14.0. The summed E-state index contributed by atoms with van der Waals surface area (Å²) in [6.07, 6.45) is 3.91. The number of esters is 1. The third kappa shape index (κ3) is 2.30. The van der Waals surface area contributed by atoms with Gasteiger partial charge in [0, 0.05) is 12.7 Å². The van der Waals surface area contributed by atoms with Crippen LogP contribution >= 0.6 is 0 Å². The molecule has 0 spiro atoms. The van der Waals surface area contributed by atoms with Crippen molar-refractivity contribution in [3.63, 3.8) is 0 Å². The van der Waals surface area contributed by atoms with E-state index in [0.717, 1.165) is 0 Å². The quantitative estimate of drug-likeness (QED) is 0.459. The number of ether oxygens (including phenoxy) is 1. The molecular formula is C10H11N5O4. The molecular weight excluding hydrogens is 254 g/mol. The Hall–Kier alpha value is -2.71. The van der Waals surface area contributed by atoms with Crippen molar-refractivity contribution in [2.24, 2.45) is 0 Å². The van der Waals surface area contributed by atoms with Gasteiger partial charge >= 0.3 is 11.7 Å². The summed E-state index contributed by atoms with van der Waals surface area (Å²) in [4.78, 5) is 21.7. The van der Waals surface area contributed by atoms with Crippen LogP contribution in [0.1, 0.15) is 17.3 Å². The van der Waals surface area contributed by atoms with Crippen molar-refractivity contribution in [3.8, 4) is 5.82 Å². The third-order valence-electron chi connectivity index (χ3n) is 2.46. The predicted octanol–water partition coefficient (Wildman–Crippen LogP) is 0.783. The Morgan fingerprint density at radius 1 is 1.53 bits per heavy atom. The molecule has 100 valence electrons. The van der Waals surface area contributed by atoms with Crippen LogP contribution < -0.4 is 0 Å². The van der Waals surface area contributed by atoms with Crippen molar-refractivity contribution < 1.29 is 14.5 Å². The maximum Gasteiger partial charge on any atom is 0.341 e. The number of rotatable bonds is 4. The van der Waals surface area contributed by atoms with E-state index in [1.165, 1.54) is 35.1 Å². The Morgan fingerprint density at radius 2 is 2.26 bits per heavy atom. The highest BCUT2D eigenvalue weighted by atomic mass is 16.6. The molecule has 0 aliphatic carbocycles. The normalized spacial score (nSPS) is 10.4. The summed E-state index contributed by atoms with van der Waals surface area (Å²) in [5.74, 6) is -0.508. The second-order valence-corrected chi connectivity index (χ2v) is 3.62. The molecule has 0 N–H and O–H groups in total. The zero-order valence-corrected chi connectivity index (χ0v) is 10.3. The van der Waals surface area contributed by atoms with Crippen molar-refractivity contribution in [1.82, 2.24) is 19.6 Å². The number of aryl methyl sites for hydroxylation is 1. The van der Waals surface area contributed by atoms with Crippen LogP contribution in [0.3, 0.4) is 0 Å².